The van der Waals surface area contributed by atoms with E-state index in [0.717, 1.165) is 31.6 Å². The van der Waals surface area contributed by atoms with Gasteiger partial charge in [-0.2, -0.15) is 0 Å². The van der Waals surface area contributed by atoms with Crippen molar-refractivity contribution >= 4 is 17.5 Å². The molecule has 0 bridgehead atoms. The second-order valence-corrected chi connectivity index (χ2v) is 4.61. The van der Waals surface area contributed by atoms with Crippen LogP contribution in [0.2, 0.25) is 0 Å². The zero-order valence-electron chi connectivity index (χ0n) is 10.6. The predicted octanol–water partition coefficient (Wildman–Crippen LogP) is 1.49. The van der Waals surface area contributed by atoms with Crippen molar-refractivity contribution in [2.45, 2.75) is 25.5 Å². The lowest BCUT2D eigenvalue weighted by atomic mass is 10.1. The molecule has 0 unspecified atom stereocenters. The van der Waals surface area contributed by atoms with E-state index in [1.807, 2.05) is 12.1 Å². The smallest absolute Gasteiger partial charge is 0.235 e. The highest BCUT2D eigenvalue weighted by molar-refractivity contribution is 6.27. The Labute approximate surface area is 117 Å². The third-order valence-electron chi connectivity index (χ3n) is 2.87. The Balaban J connectivity index is 1.88. The fourth-order valence-corrected chi connectivity index (χ4v) is 1.93. The van der Waals surface area contributed by atoms with Gasteiger partial charge in [0.2, 0.25) is 11.8 Å². The molecule has 0 aromatic carbocycles. The summed E-state index contributed by atoms with van der Waals surface area (Å²) >= 11 is 5.42. The number of nitrogens with zero attached hydrogens (tertiary/aromatic N) is 1. The van der Waals surface area contributed by atoms with Crippen LogP contribution in [0, 0.1) is 0 Å². The number of carbonyl (C=O) groups is 1. The van der Waals surface area contributed by atoms with E-state index in [0.29, 0.717) is 12.4 Å². The molecule has 0 atom stereocenters. The van der Waals surface area contributed by atoms with E-state index in [1.54, 1.807) is 6.20 Å². The number of carbonyl (C=O) groups excluding carboxylic acids is 1. The van der Waals surface area contributed by atoms with E-state index in [9.17, 15) is 4.79 Å². The van der Waals surface area contributed by atoms with E-state index in [-0.39, 0.29) is 17.9 Å². The van der Waals surface area contributed by atoms with Crippen LogP contribution in [-0.4, -0.2) is 36.1 Å². The summed E-state index contributed by atoms with van der Waals surface area (Å²) in [7, 11) is 0. The molecule has 1 N–H and O–H groups in total. The number of hydrogen-bond donors (Lipinski definition) is 1. The summed E-state index contributed by atoms with van der Waals surface area (Å²) in [5, 5.41) is 2.71. The van der Waals surface area contributed by atoms with Crippen molar-refractivity contribution < 1.29 is 14.3 Å². The molecule has 1 aliphatic rings. The SMILES string of the molecule is O=C(CCl)NCc1ccnc(OC2CCOCC2)c1. The van der Waals surface area contributed by atoms with Gasteiger partial charge in [-0.3, -0.25) is 4.79 Å². The summed E-state index contributed by atoms with van der Waals surface area (Å²) in [5.74, 6) is 0.367. The number of amides is 1. The fourth-order valence-electron chi connectivity index (χ4n) is 1.84. The molecule has 1 amide bonds. The van der Waals surface area contributed by atoms with Gasteiger partial charge >= 0.3 is 0 Å². The van der Waals surface area contributed by atoms with E-state index in [2.05, 4.69) is 10.3 Å². The van der Waals surface area contributed by atoms with Gasteiger partial charge in [0.05, 0.1) is 13.2 Å². The second kappa shape index (κ2) is 7.31. The van der Waals surface area contributed by atoms with Crippen molar-refractivity contribution in [3.05, 3.63) is 23.9 Å². The molecule has 1 aromatic heterocycles. The zero-order chi connectivity index (χ0) is 13.5. The molecular weight excluding hydrogens is 268 g/mol. The molecule has 0 spiro atoms. The summed E-state index contributed by atoms with van der Waals surface area (Å²) in [6, 6.07) is 3.68. The molecule has 2 rings (SSSR count). The summed E-state index contributed by atoms with van der Waals surface area (Å²) in [6.07, 6.45) is 3.61. The molecule has 0 saturated carbocycles. The average Bonchev–Trinajstić information content (AvgIpc) is 2.46. The molecular formula is C13H17ClN2O3. The summed E-state index contributed by atoms with van der Waals surface area (Å²) in [5.41, 5.74) is 0.940. The summed E-state index contributed by atoms with van der Waals surface area (Å²) in [6.45, 7) is 1.89. The normalized spacial score (nSPS) is 16.1. The third kappa shape index (κ3) is 4.69. The lowest BCUT2D eigenvalue weighted by Gasteiger charge is -2.22. The molecule has 0 aliphatic carbocycles. The van der Waals surface area contributed by atoms with E-state index >= 15 is 0 Å². The van der Waals surface area contributed by atoms with Crippen molar-refractivity contribution in [3.63, 3.8) is 0 Å². The molecule has 1 aliphatic heterocycles. The molecule has 0 radical (unpaired) electrons. The Morgan fingerprint density at radius 2 is 2.32 bits per heavy atom. The number of alkyl halides is 1. The molecule has 19 heavy (non-hydrogen) atoms. The van der Waals surface area contributed by atoms with Gasteiger partial charge in [-0.05, 0) is 11.6 Å². The fraction of sp³-hybridized carbons (Fsp3) is 0.538. The highest BCUT2D eigenvalue weighted by Gasteiger charge is 2.15. The minimum atomic E-state index is -0.189. The molecule has 5 nitrogen and oxygen atoms in total. The highest BCUT2D eigenvalue weighted by atomic mass is 35.5. The van der Waals surface area contributed by atoms with Crippen LogP contribution in [0.15, 0.2) is 18.3 Å². The largest absolute Gasteiger partial charge is 0.474 e. The Morgan fingerprint density at radius 3 is 3.05 bits per heavy atom. The van der Waals surface area contributed by atoms with Crippen LogP contribution in [0.5, 0.6) is 5.88 Å². The minimum absolute atomic E-state index is 0.0312. The molecule has 1 saturated heterocycles. The number of rotatable bonds is 5. The lowest BCUT2D eigenvalue weighted by molar-refractivity contribution is -0.118. The first-order valence-electron chi connectivity index (χ1n) is 6.30. The molecule has 104 valence electrons. The van der Waals surface area contributed by atoms with Gasteiger partial charge in [-0.25, -0.2) is 4.98 Å². The van der Waals surface area contributed by atoms with Crippen molar-refractivity contribution in [1.29, 1.82) is 0 Å². The van der Waals surface area contributed by atoms with Gasteiger partial charge in [0.15, 0.2) is 0 Å². The monoisotopic (exact) mass is 284 g/mol. The van der Waals surface area contributed by atoms with Gasteiger partial charge in [0.1, 0.15) is 12.0 Å². The van der Waals surface area contributed by atoms with Gasteiger partial charge in [0.25, 0.3) is 0 Å². The van der Waals surface area contributed by atoms with E-state index < -0.39 is 0 Å². The van der Waals surface area contributed by atoms with Crippen LogP contribution in [0.4, 0.5) is 0 Å². The zero-order valence-corrected chi connectivity index (χ0v) is 11.4. The van der Waals surface area contributed by atoms with Crippen LogP contribution in [0.25, 0.3) is 0 Å². The topological polar surface area (TPSA) is 60.5 Å². The summed E-state index contributed by atoms with van der Waals surface area (Å²) in [4.78, 5) is 15.3. The van der Waals surface area contributed by atoms with Crippen molar-refractivity contribution in [2.24, 2.45) is 0 Å². The maximum absolute atomic E-state index is 11.1. The molecule has 2 heterocycles. The van der Waals surface area contributed by atoms with Gasteiger partial charge in [-0.15, -0.1) is 11.6 Å². The van der Waals surface area contributed by atoms with E-state index in [4.69, 9.17) is 21.1 Å². The Kier molecular flexibility index (Phi) is 5.42. The van der Waals surface area contributed by atoms with Crippen molar-refractivity contribution in [1.82, 2.24) is 10.3 Å². The first-order valence-corrected chi connectivity index (χ1v) is 6.83. The quantitative estimate of drug-likeness (QED) is 0.833. The van der Waals surface area contributed by atoms with Gasteiger partial charge in [0, 0.05) is 31.6 Å². The Hall–Kier alpha value is -1.33. The predicted molar refractivity (Wildman–Crippen MR) is 71.3 cm³/mol. The molecule has 1 fully saturated rings. The maximum atomic E-state index is 11.1. The number of ether oxygens (including phenoxy) is 2. The second-order valence-electron chi connectivity index (χ2n) is 4.34. The van der Waals surface area contributed by atoms with E-state index in [1.165, 1.54) is 0 Å². The van der Waals surface area contributed by atoms with Gasteiger partial charge in [-0.1, -0.05) is 0 Å². The Morgan fingerprint density at radius 1 is 1.53 bits per heavy atom. The standard InChI is InChI=1S/C13H17ClN2O3/c14-8-12(17)16-9-10-1-4-15-13(7-10)19-11-2-5-18-6-3-11/h1,4,7,11H,2-3,5-6,8-9H2,(H,16,17). The average molecular weight is 285 g/mol. The Bertz CT molecular complexity index is 422. The van der Waals surface area contributed by atoms with Crippen LogP contribution in [0.3, 0.4) is 0 Å². The van der Waals surface area contributed by atoms with Crippen molar-refractivity contribution in [3.8, 4) is 5.88 Å². The van der Waals surface area contributed by atoms with Crippen LogP contribution >= 0.6 is 11.6 Å². The number of nitrogens with one attached hydrogen (secondary N) is 1. The van der Waals surface area contributed by atoms with Crippen LogP contribution in [0.1, 0.15) is 18.4 Å². The third-order valence-corrected chi connectivity index (χ3v) is 3.11. The van der Waals surface area contributed by atoms with Crippen molar-refractivity contribution in [2.75, 3.05) is 19.1 Å². The highest BCUT2D eigenvalue weighted by Crippen LogP contribution is 2.16. The van der Waals surface area contributed by atoms with Gasteiger partial charge < -0.3 is 14.8 Å². The van der Waals surface area contributed by atoms with Crippen LogP contribution < -0.4 is 10.1 Å². The molecule has 6 heteroatoms. The lowest BCUT2D eigenvalue weighted by Crippen LogP contribution is -2.26. The first-order chi connectivity index (χ1) is 9.28. The minimum Gasteiger partial charge on any atom is -0.474 e. The molecule has 1 aromatic rings. The number of aromatic nitrogens is 1. The number of hydrogen-bond acceptors (Lipinski definition) is 4. The summed E-state index contributed by atoms with van der Waals surface area (Å²) < 4.78 is 11.1. The number of pyridine rings is 1. The first kappa shape index (κ1) is 14.1. The number of halogens is 1. The van der Waals surface area contributed by atoms with Crippen LogP contribution in [-0.2, 0) is 16.1 Å². The maximum Gasteiger partial charge on any atom is 0.235 e.